The molecule has 2 atom stereocenters. The quantitative estimate of drug-likeness (QED) is 0.846. The van der Waals surface area contributed by atoms with Crippen molar-refractivity contribution >= 4 is 21.6 Å². The number of nitrogens with zero attached hydrogens (tertiary/aromatic N) is 1. The Labute approximate surface area is 164 Å². The minimum absolute atomic E-state index is 0.117. The fraction of sp³-hybridized carbons (Fsp3) is 0.350. The number of nitrogens with one attached hydrogen (secondary N) is 1. The number of hydrogen-bond donors (Lipinski definition) is 1. The highest BCUT2D eigenvalue weighted by Gasteiger charge is 2.32. The van der Waals surface area contributed by atoms with E-state index >= 15 is 0 Å². The second-order valence-electron chi connectivity index (χ2n) is 7.02. The van der Waals surface area contributed by atoms with E-state index in [1.54, 1.807) is 19.1 Å². The van der Waals surface area contributed by atoms with Crippen molar-refractivity contribution in [1.82, 2.24) is 4.31 Å². The SMILES string of the molecule is Cc1ccc(NC(=O)c2ccc(S(=O)(=O)N3CC(C)OC(C)C3)cc2)cc1F. The van der Waals surface area contributed by atoms with E-state index in [2.05, 4.69) is 5.32 Å². The van der Waals surface area contributed by atoms with Crippen molar-refractivity contribution in [2.24, 2.45) is 0 Å². The van der Waals surface area contributed by atoms with Crippen molar-refractivity contribution in [3.63, 3.8) is 0 Å². The van der Waals surface area contributed by atoms with Gasteiger partial charge in [-0.3, -0.25) is 4.79 Å². The van der Waals surface area contributed by atoms with Crippen LogP contribution in [0.3, 0.4) is 0 Å². The molecule has 3 rings (SSSR count). The Bertz CT molecular complexity index is 966. The lowest BCUT2D eigenvalue weighted by Gasteiger charge is -2.34. The molecular weight excluding hydrogens is 383 g/mol. The highest BCUT2D eigenvalue weighted by Crippen LogP contribution is 2.22. The summed E-state index contributed by atoms with van der Waals surface area (Å²) in [5, 5.41) is 2.60. The molecule has 150 valence electrons. The number of anilines is 1. The molecule has 6 nitrogen and oxygen atoms in total. The number of sulfonamides is 1. The molecule has 1 heterocycles. The first kappa shape index (κ1) is 20.4. The number of hydrogen-bond acceptors (Lipinski definition) is 4. The number of halogens is 1. The first-order valence-electron chi connectivity index (χ1n) is 9.00. The Kier molecular flexibility index (Phi) is 5.83. The van der Waals surface area contributed by atoms with Crippen molar-refractivity contribution in [2.75, 3.05) is 18.4 Å². The molecule has 0 radical (unpaired) electrons. The molecule has 1 saturated heterocycles. The van der Waals surface area contributed by atoms with Crippen molar-refractivity contribution in [2.45, 2.75) is 37.9 Å². The van der Waals surface area contributed by atoms with Gasteiger partial charge in [-0.05, 0) is 62.7 Å². The summed E-state index contributed by atoms with van der Waals surface area (Å²) in [6.45, 7) is 5.87. The molecule has 2 aromatic carbocycles. The summed E-state index contributed by atoms with van der Waals surface area (Å²) in [4.78, 5) is 12.5. The third kappa shape index (κ3) is 4.40. The van der Waals surface area contributed by atoms with Crippen molar-refractivity contribution in [3.05, 3.63) is 59.4 Å². The molecule has 0 spiro atoms. The highest BCUT2D eigenvalue weighted by molar-refractivity contribution is 7.89. The fourth-order valence-corrected chi connectivity index (χ4v) is 4.72. The van der Waals surface area contributed by atoms with E-state index in [4.69, 9.17) is 4.74 Å². The van der Waals surface area contributed by atoms with Crippen LogP contribution >= 0.6 is 0 Å². The van der Waals surface area contributed by atoms with E-state index in [-0.39, 0.29) is 35.8 Å². The predicted molar refractivity (Wildman–Crippen MR) is 104 cm³/mol. The Morgan fingerprint density at radius 2 is 1.71 bits per heavy atom. The number of carbonyl (C=O) groups is 1. The van der Waals surface area contributed by atoms with Gasteiger partial charge in [0, 0.05) is 24.3 Å². The zero-order chi connectivity index (χ0) is 20.5. The Morgan fingerprint density at radius 3 is 2.29 bits per heavy atom. The largest absolute Gasteiger partial charge is 0.373 e. The van der Waals surface area contributed by atoms with Gasteiger partial charge in [0.2, 0.25) is 10.0 Å². The summed E-state index contributed by atoms with van der Waals surface area (Å²) in [5.74, 6) is -0.853. The van der Waals surface area contributed by atoms with Gasteiger partial charge in [-0.15, -0.1) is 0 Å². The Hall–Kier alpha value is -2.29. The van der Waals surface area contributed by atoms with Crippen LogP contribution < -0.4 is 5.32 Å². The zero-order valence-electron chi connectivity index (χ0n) is 16.0. The molecule has 1 amide bonds. The van der Waals surface area contributed by atoms with Crippen LogP contribution in [0.5, 0.6) is 0 Å². The number of aryl methyl sites for hydroxylation is 1. The van der Waals surface area contributed by atoms with E-state index in [0.717, 1.165) is 0 Å². The number of carbonyl (C=O) groups excluding carboxylic acids is 1. The Balaban J connectivity index is 1.75. The molecule has 1 aliphatic heterocycles. The van der Waals surface area contributed by atoms with Crippen LogP contribution in [0.25, 0.3) is 0 Å². The van der Waals surface area contributed by atoms with Gasteiger partial charge in [-0.2, -0.15) is 4.31 Å². The first-order chi connectivity index (χ1) is 13.2. The average Bonchev–Trinajstić information content (AvgIpc) is 2.64. The minimum Gasteiger partial charge on any atom is -0.373 e. The molecule has 0 aliphatic carbocycles. The molecular formula is C20H23FN2O4S. The summed E-state index contributed by atoms with van der Waals surface area (Å²) < 4.78 is 46.3. The van der Waals surface area contributed by atoms with Crippen molar-refractivity contribution in [1.29, 1.82) is 0 Å². The average molecular weight is 406 g/mol. The molecule has 28 heavy (non-hydrogen) atoms. The van der Waals surface area contributed by atoms with Crippen LogP contribution in [0.15, 0.2) is 47.4 Å². The van der Waals surface area contributed by atoms with Gasteiger partial charge < -0.3 is 10.1 Å². The standard InChI is InChI=1S/C20H23FN2O4S/c1-13-4-7-17(10-19(13)21)22-20(24)16-5-8-18(9-6-16)28(25,26)23-11-14(2)27-15(3)12-23/h4-10,14-15H,11-12H2,1-3H3,(H,22,24). The van der Waals surface area contributed by atoms with Crippen molar-refractivity contribution < 1.29 is 22.3 Å². The third-order valence-corrected chi connectivity index (χ3v) is 6.42. The molecule has 8 heteroatoms. The van der Waals surface area contributed by atoms with Gasteiger partial charge >= 0.3 is 0 Å². The van der Waals surface area contributed by atoms with Gasteiger partial charge in [0.05, 0.1) is 17.1 Å². The molecule has 1 aliphatic rings. The number of rotatable bonds is 4. The molecule has 1 N–H and O–H groups in total. The summed E-state index contributed by atoms with van der Waals surface area (Å²) in [6, 6.07) is 10.1. The molecule has 2 unspecified atom stereocenters. The maximum absolute atomic E-state index is 13.6. The van der Waals surface area contributed by atoms with Gasteiger partial charge in [-0.1, -0.05) is 6.07 Å². The van der Waals surface area contributed by atoms with Gasteiger partial charge in [0.15, 0.2) is 0 Å². The summed E-state index contributed by atoms with van der Waals surface area (Å²) in [7, 11) is -3.67. The van der Waals surface area contributed by atoms with Crippen LogP contribution in [0, 0.1) is 12.7 Å². The molecule has 1 fully saturated rings. The fourth-order valence-electron chi connectivity index (χ4n) is 3.13. The number of amides is 1. The second kappa shape index (κ2) is 7.98. The van der Waals surface area contributed by atoms with E-state index in [0.29, 0.717) is 11.3 Å². The number of morpholine rings is 1. The smallest absolute Gasteiger partial charge is 0.255 e. The topological polar surface area (TPSA) is 75.7 Å². The van der Waals surface area contributed by atoms with Crippen LogP contribution in [0.4, 0.5) is 10.1 Å². The highest BCUT2D eigenvalue weighted by atomic mass is 32.2. The van der Waals surface area contributed by atoms with Gasteiger partial charge in [-0.25, -0.2) is 12.8 Å². The van der Waals surface area contributed by atoms with E-state index < -0.39 is 21.7 Å². The predicted octanol–water partition coefficient (Wildman–Crippen LogP) is 3.18. The van der Waals surface area contributed by atoms with Gasteiger partial charge in [0.25, 0.3) is 5.91 Å². The maximum atomic E-state index is 13.6. The van der Waals surface area contributed by atoms with E-state index in [1.165, 1.54) is 34.6 Å². The maximum Gasteiger partial charge on any atom is 0.255 e. The van der Waals surface area contributed by atoms with Crippen LogP contribution in [0.2, 0.25) is 0 Å². The molecule has 0 bridgehead atoms. The van der Waals surface area contributed by atoms with Crippen LogP contribution in [0.1, 0.15) is 29.8 Å². The lowest BCUT2D eigenvalue weighted by Crippen LogP contribution is -2.48. The lowest BCUT2D eigenvalue weighted by atomic mass is 10.2. The van der Waals surface area contributed by atoms with Crippen LogP contribution in [-0.4, -0.2) is 43.9 Å². The minimum atomic E-state index is -3.67. The summed E-state index contributed by atoms with van der Waals surface area (Å²) in [5.41, 5.74) is 1.10. The molecule has 0 aromatic heterocycles. The van der Waals surface area contributed by atoms with E-state index in [9.17, 15) is 17.6 Å². The van der Waals surface area contributed by atoms with Crippen LogP contribution in [-0.2, 0) is 14.8 Å². The number of ether oxygens (including phenoxy) is 1. The monoisotopic (exact) mass is 406 g/mol. The zero-order valence-corrected chi connectivity index (χ0v) is 16.8. The van der Waals surface area contributed by atoms with Gasteiger partial charge in [0.1, 0.15) is 5.82 Å². The summed E-state index contributed by atoms with van der Waals surface area (Å²) in [6.07, 6.45) is -0.364. The van der Waals surface area contributed by atoms with Crippen molar-refractivity contribution in [3.8, 4) is 0 Å². The molecule has 0 saturated carbocycles. The second-order valence-corrected chi connectivity index (χ2v) is 8.96. The summed E-state index contributed by atoms with van der Waals surface area (Å²) >= 11 is 0. The molecule has 2 aromatic rings. The lowest BCUT2D eigenvalue weighted by molar-refractivity contribution is -0.0440. The number of benzene rings is 2. The third-order valence-electron chi connectivity index (χ3n) is 4.57. The van der Waals surface area contributed by atoms with E-state index in [1.807, 2.05) is 13.8 Å². The first-order valence-corrected chi connectivity index (χ1v) is 10.4. The Morgan fingerprint density at radius 1 is 1.11 bits per heavy atom. The normalized spacial score (nSPS) is 20.7.